The highest BCUT2D eigenvalue weighted by atomic mass is 19.3. The van der Waals surface area contributed by atoms with Crippen LogP contribution in [0.15, 0.2) is 0 Å². The Hall–Kier alpha value is -0.220. The van der Waals surface area contributed by atoms with E-state index in [1.165, 1.54) is 0 Å². The standard InChI is InChI=1S/C9H17F2NO/c1-7(6-13)12-8-2-4-9(10,11)5-3-8/h7-8,12-13H,2-6H2,1H3. The summed E-state index contributed by atoms with van der Waals surface area (Å²) in [5.41, 5.74) is 0. The molecule has 1 rings (SSSR count). The van der Waals surface area contributed by atoms with Gasteiger partial charge in [-0.1, -0.05) is 0 Å². The predicted molar refractivity (Wildman–Crippen MR) is 46.9 cm³/mol. The number of nitrogens with one attached hydrogen (secondary N) is 1. The van der Waals surface area contributed by atoms with Crippen LogP contribution in [0.2, 0.25) is 0 Å². The van der Waals surface area contributed by atoms with E-state index in [2.05, 4.69) is 5.32 Å². The molecule has 0 bridgehead atoms. The Morgan fingerprint density at radius 2 is 2.00 bits per heavy atom. The van der Waals surface area contributed by atoms with E-state index in [0.29, 0.717) is 12.8 Å². The van der Waals surface area contributed by atoms with E-state index in [0.717, 1.165) is 0 Å². The van der Waals surface area contributed by atoms with Crippen LogP contribution in [0.3, 0.4) is 0 Å². The van der Waals surface area contributed by atoms with Crippen LogP contribution in [0.5, 0.6) is 0 Å². The molecule has 78 valence electrons. The SMILES string of the molecule is CC(CO)NC1CCC(F)(F)CC1. The normalized spacial score (nSPS) is 25.8. The van der Waals surface area contributed by atoms with Crippen LogP contribution in [0.1, 0.15) is 32.6 Å². The van der Waals surface area contributed by atoms with Gasteiger partial charge in [-0.25, -0.2) is 8.78 Å². The zero-order chi connectivity index (χ0) is 9.90. The molecule has 1 unspecified atom stereocenters. The number of alkyl halides is 2. The molecule has 1 saturated carbocycles. The second kappa shape index (κ2) is 4.33. The molecule has 2 N–H and O–H groups in total. The smallest absolute Gasteiger partial charge is 0.248 e. The summed E-state index contributed by atoms with van der Waals surface area (Å²) in [5, 5.41) is 11.9. The molecule has 0 aromatic heterocycles. The van der Waals surface area contributed by atoms with Crippen LogP contribution in [0, 0.1) is 0 Å². The molecule has 0 aliphatic heterocycles. The summed E-state index contributed by atoms with van der Waals surface area (Å²) >= 11 is 0. The quantitative estimate of drug-likeness (QED) is 0.712. The first-order chi connectivity index (χ1) is 6.03. The van der Waals surface area contributed by atoms with Crippen molar-refractivity contribution >= 4 is 0 Å². The monoisotopic (exact) mass is 193 g/mol. The minimum absolute atomic E-state index is 0.0109. The fourth-order valence-corrected chi connectivity index (χ4v) is 1.66. The Balaban J connectivity index is 2.25. The van der Waals surface area contributed by atoms with Crippen LogP contribution in [0.4, 0.5) is 8.78 Å². The van der Waals surface area contributed by atoms with Gasteiger partial charge in [-0.15, -0.1) is 0 Å². The van der Waals surface area contributed by atoms with E-state index in [4.69, 9.17) is 5.11 Å². The summed E-state index contributed by atoms with van der Waals surface area (Å²) in [6.07, 6.45) is 0.973. The van der Waals surface area contributed by atoms with E-state index >= 15 is 0 Å². The van der Waals surface area contributed by atoms with Crippen LogP contribution in [-0.2, 0) is 0 Å². The van der Waals surface area contributed by atoms with Crippen LogP contribution < -0.4 is 5.32 Å². The van der Waals surface area contributed by atoms with Gasteiger partial charge in [-0.3, -0.25) is 0 Å². The summed E-state index contributed by atoms with van der Waals surface area (Å²) in [7, 11) is 0. The Labute approximate surface area is 77.3 Å². The summed E-state index contributed by atoms with van der Waals surface area (Å²) in [4.78, 5) is 0. The van der Waals surface area contributed by atoms with Gasteiger partial charge in [0.15, 0.2) is 0 Å². The number of hydrogen-bond donors (Lipinski definition) is 2. The maximum absolute atomic E-state index is 12.7. The average Bonchev–Trinajstić information content (AvgIpc) is 2.08. The molecule has 2 nitrogen and oxygen atoms in total. The number of halogens is 2. The summed E-state index contributed by atoms with van der Waals surface area (Å²) in [6, 6.07) is 0.165. The number of hydrogen-bond acceptors (Lipinski definition) is 2. The minimum Gasteiger partial charge on any atom is -0.395 e. The van der Waals surface area contributed by atoms with E-state index < -0.39 is 5.92 Å². The van der Waals surface area contributed by atoms with Crippen molar-refractivity contribution in [3.05, 3.63) is 0 Å². The molecule has 0 heterocycles. The Kier molecular flexibility index (Phi) is 3.62. The lowest BCUT2D eigenvalue weighted by atomic mass is 9.92. The van der Waals surface area contributed by atoms with E-state index in [9.17, 15) is 8.78 Å². The van der Waals surface area contributed by atoms with E-state index in [1.54, 1.807) is 0 Å². The van der Waals surface area contributed by atoms with Gasteiger partial charge in [-0.05, 0) is 19.8 Å². The zero-order valence-corrected chi connectivity index (χ0v) is 7.89. The van der Waals surface area contributed by atoms with Gasteiger partial charge in [0.1, 0.15) is 0 Å². The van der Waals surface area contributed by atoms with Gasteiger partial charge in [-0.2, -0.15) is 0 Å². The minimum atomic E-state index is -2.46. The first-order valence-corrected chi connectivity index (χ1v) is 4.78. The van der Waals surface area contributed by atoms with Gasteiger partial charge >= 0.3 is 0 Å². The van der Waals surface area contributed by atoms with Crippen molar-refractivity contribution in [1.82, 2.24) is 5.32 Å². The third-order valence-corrected chi connectivity index (χ3v) is 2.51. The van der Waals surface area contributed by atoms with Crippen LogP contribution >= 0.6 is 0 Å². The molecule has 1 atom stereocenters. The largest absolute Gasteiger partial charge is 0.395 e. The van der Waals surface area contributed by atoms with Crippen molar-refractivity contribution in [2.24, 2.45) is 0 Å². The zero-order valence-electron chi connectivity index (χ0n) is 7.89. The van der Waals surface area contributed by atoms with Crippen LogP contribution in [0.25, 0.3) is 0 Å². The topological polar surface area (TPSA) is 32.3 Å². The Bertz CT molecular complexity index is 154. The Morgan fingerprint density at radius 1 is 1.46 bits per heavy atom. The highest BCUT2D eigenvalue weighted by Gasteiger charge is 2.34. The lowest BCUT2D eigenvalue weighted by molar-refractivity contribution is -0.0414. The summed E-state index contributed by atoms with van der Waals surface area (Å²) in [5.74, 6) is -2.46. The molecule has 1 aliphatic carbocycles. The lowest BCUT2D eigenvalue weighted by Crippen LogP contribution is -2.42. The third-order valence-electron chi connectivity index (χ3n) is 2.51. The summed E-state index contributed by atoms with van der Waals surface area (Å²) < 4.78 is 25.4. The molecular weight excluding hydrogens is 176 g/mol. The van der Waals surface area contributed by atoms with Crippen molar-refractivity contribution in [1.29, 1.82) is 0 Å². The van der Waals surface area contributed by atoms with Gasteiger partial charge in [0.2, 0.25) is 5.92 Å². The molecule has 13 heavy (non-hydrogen) atoms. The van der Waals surface area contributed by atoms with Crippen molar-refractivity contribution < 1.29 is 13.9 Å². The first-order valence-electron chi connectivity index (χ1n) is 4.78. The van der Waals surface area contributed by atoms with E-state index in [-0.39, 0.29) is 31.5 Å². The number of aliphatic hydroxyl groups excluding tert-OH is 1. The fourth-order valence-electron chi connectivity index (χ4n) is 1.66. The van der Waals surface area contributed by atoms with Gasteiger partial charge < -0.3 is 10.4 Å². The van der Waals surface area contributed by atoms with Crippen molar-refractivity contribution in [2.75, 3.05) is 6.61 Å². The summed E-state index contributed by atoms with van der Waals surface area (Å²) in [6.45, 7) is 1.92. The van der Waals surface area contributed by atoms with Crippen LogP contribution in [-0.4, -0.2) is 29.7 Å². The average molecular weight is 193 g/mol. The second-order valence-corrected chi connectivity index (χ2v) is 3.88. The number of aliphatic hydroxyl groups is 1. The molecule has 0 saturated heterocycles. The maximum atomic E-state index is 12.7. The molecule has 1 fully saturated rings. The molecule has 0 radical (unpaired) electrons. The molecule has 0 spiro atoms. The van der Waals surface area contributed by atoms with Gasteiger partial charge in [0.05, 0.1) is 6.61 Å². The molecule has 0 aromatic rings. The Morgan fingerprint density at radius 3 is 2.46 bits per heavy atom. The lowest BCUT2D eigenvalue weighted by Gasteiger charge is -2.30. The van der Waals surface area contributed by atoms with Gasteiger partial charge in [0.25, 0.3) is 0 Å². The van der Waals surface area contributed by atoms with Gasteiger partial charge in [0, 0.05) is 24.9 Å². The molecule has 0 aromatic carbocycles. The number of rotatable bonds is 3. The first kappa shape index (κ1) is 10.9. The maximum Gasteiger partial charge on any atom is 0.248 e. The highest BCUT2D eigenvalue weighted by molar-refractivity contribution is 4.82. The third kappa shape index (κ3) is 3.56. The molecular formula is C9H17F2NO. The fraction of sp³-hybridized carbons (Fsp3) is 1.00. The molecule has 1 aliphatic rings. The van der Waals surface area contributed by atoms with Crippen molar-refractivity contribution in [2.45, 2.75) is 50.6 Å². The molecule has 0 amide bonds. The van der Waals surface area contributed by atoms with E-state index in [1.807, 2.05) is 6.92 Å². The second-order valence-electron chi connectivity index (χ2n) is 3.88. The van der Waals surface area contributed by atoms with Crippen molar-refractivity contribution in [3.63, 3.8) is 0 Å². The highest BCUT2D eigenvalue weighted by Crippen LogP contribution is 2.32. The van der Waals surface area contributed by atoms with Crippen molar-refractivity contribution in [3.8, 4) is 0 Å². The molecule has 4 heteroatoms. The predicted octanol–water partition coefficient (Wildman–Crippen LogP) is 1.53.